The van der Waals surface area contributed by atoms with Crippen LogP contribution in [0.2, 0.25) is 10.0 Å². The molecule has 8 nitrogen and oxygen atoms in total. The van der Waals surface area contributed by atoms with Gasteiger partial charge >= 0.3 is 0 Å². The van der Waals surface area contributed by atoms with Gasteiger partial charge in [-0.15, -0.1) is 0 Å². The van der Waals surface area contributed by atoms with E-state index in [9.17, 15) is 19.7 Å². The van der Waals surface area contributed by atoms with Crippen molar-refractivity contribution in [1.82, 2.24) is 14.8 Å². The number of nitrogens with one attached hydrogen (secondary N) is 1. The summed E-state index contributed by atoms with van der Waals surface area (Å²) in [5.74, 6) is -0.573. The van der Waals surface area contributed by atoms with Crippen molar-refractivity contribution in [1.29, 1.82) is 0 Å². The number of halogens is 2. The number of non-ortho nitro benzene ring substituents is 1. The van der Waals surface area contributed by atoms with E-state index >= 15 is 0 Å². The molecule has 0 bridgehead atoms. The molecule has 0 unspecified atom stereocenters. The van der Waals surface area contributed by atoms with Gasteiger partial charge in [0.2, 0.25) is 5.91 Å². The number of H-pyrrole nitrogens is 1. The van der Waals surface area contributed by atoms with E-state index in [0.717, 1.165) is 22.0 Å². The second kappa shape index (κ2) is 12.8. The Morgan fingerprint density at radius 3 is 2.38 bits per heavy atom. The number of aromatic amines is 1. The predicted molar refractivity (Wildman–Crippen MR) is 153 cm³/mol. The molecule has 4 aromatic rings. The second-order valence-electron chi connectivity index (χ2n) is 9.20. The third kappa shape index (κ3) is 6.96. The van der Waals surface area contributed by atoms with Crippen LogP contribution < -0.4 is 0 Å². The van der Waals surface area contributed by atoms with Crippen LogP contribution in [0.1, 0.15) is 34.8 Å². The van der Waals surface area contributed by atoms with Crippen LogP contribution in [-0.2, 0) is 17.8 Å². The summed E-state index contributed by atoms with van der Waals surface area (Å²) in [5, 5.41) is 12.9. The van der Waals surface area contributed by atoms with Crippen LogP contribution in [0, 0.1) is 10.1 Å². The molecule has 0 aliphatic heterocycles. The lowest BCUT2D eigenvalue weighted by Gasteiger charge is -2.28. The number of nitrogens with zero attached hydrogens (tertiary/aromatic N) is 3. The number of nitro benzene ring substituents is 1. The molecule has 1 N–H and O–H groups in total. The van der Waals surface area contributed by atoms with Gasteiger partial charge in [-0.1, -0.05) is 54.4 Å². The Balaban J connectivity index is 1.55. The van der Waals surface area contributed by atoms with Crippen LogP contribution in [0.3, 0.4) is 0 Å². The minimum atomic E-state index is -0.518. The number of hydrogen-bond donors (Lipinski definition) is 1. The van der Waals surface area contributed by atoms with E-state index in [-0.39, 0.29) is 29.6 Å². The van der Waals surface area contributed by atoms with Gasteiger partial charge in [0.15, 0.2) is 0 Å². The topological polar surface area (TPSA) is 99.6 Å². The van der Waals surface area contributed by atoms with E-state index in [0.29, 0.717) is 42.5 Å². The SMILES string of the molecule is CCCN(CC(=O)N(CCc1c[nH]c2ccccc12)Cc1ccc(Cl)c(Cl)c1)C(=O)c1ccc([N+](=O)[O-])cc1. The summed E-state index contributed by atoms with van der Waals surface area (Å²) in [4.78, 5) is 43.9. The van der Waals surface area contributed by atoms with E-state index in [1.165, 1.54) is 29.2 Å². The molecule has 0 fully saturated rings. The second-order valence-corrected chi connectivity index (χ2v) is 10.0. The number of rotatable bonds is 11. The molecule has 0 radical (unpaired) electrons. The van der Waals surface area contributed by atoms with E-state index in [1.54, 1.807) is 17.0 Å². The maximum Gasteiger partial charge on any atom is 0.269 e. The van der Waals surface area contributed by atoms with Crippen molar-refractivity contribution in [3.8, 4) is 0 Å². The number of amides is 2. The molecule has 202 valence electrons. The third-order valence-corrected chi connectivity index (χ3v) is 7.21. The number of benzene rings is 3. The van der Waals surface area contributed by atoms with Gasteiger partial charge in [0.05, 0.1) is 15.0 Å². The number of para-hydroxylation sites is 1. The van der Waals surface area contributed by atoms with E-state index in [1.807, 2.05) is 43.5 Å². The molecule has 0 aliphatic carbocycles. The summed E-state index contributed by atoms with van der Waals surface area (Å²) < 4.78 is 0. The Morgan fingerprint density at radius 1 is 0.949 bits per heavy atom. The van der Waals surface area contributed by atoms with Crippen LogP contribution in [0.15, 0.2) is 72.9 Å². The summed E-state index contributed by atoms with van der Waals surface area (Å²) in [7, 11) is 0. The van der Waals surface area contributed by atoms with Crippen LogP contribution in [0.25, 0.3) is 10.9 Å². The van der Waals surface area contributed by atoms with Gasteiger partial charge in [-0.2, -0.15) is 0 Å². The Morgan fingerprint density at radius 2 is 1.69 bits per heavy atom. The van der Waals surface area contributed by atoms with E-state index < -0.39 is 4.92 Å². The highest BCUT2D eigenvalue weighted by Gasteiger charge is 2.23. The first kappa shape index (κ1) is 28.1. The highest BCUT2D eigenvalue weighted by molar-refractivity contribution is 6.42. The molecule has 4 rings (SSSR count). The van der Waals surface area contributed by atoms with Gasteiger partial charge < -0.3 is 14.8 Å². The maximum atomic E-state index is 13.7. The van der Waals surface area contributed by atoms with Crippen molar-refractivity contribution >= 4 is 51.6 Å². The van der Waals surface area contributed by atoms with Crippen LogP contribution >= 0.6 is 23.2 Å². The third-order valence-electron chi connectivity index (χ3n) is 6.47. The fraction of sp³-hybridized carbons (Fsp3) is 0.241. The van der Waals surface area contributed by atoms with Crippen molar-refractivity contribution in [2.24, 2.45) is 0 Å². The largest absolute Gasteiger partial charge is 0.361 e. The molecular weight excluding hydrogens is 539 g/mol. The molecule has 1 aromatic heterocycles. The normalized spacial score (nSPS) is 10.9. The van der Waals surface area contributed by atoms with Crippen molar-refractivity contribution in [2.75, 3.05) is 19.6 Å². The van der Waals surface area contributed by atoms with Crippen molar-refractivity contribution in [3.63, 3.8) is 0 Å². The minimum Gasteiger partial charge on any atom is -0.361 e. The first-order valence-electron chi connectivity index (χ1n) is 12.6. The molecule has 10 heteroatoms. The molecule has 0 saturated heterocycles. The molecule has 3 aromatic carbocycles. The minimum absolute atomic E-state index is 0.102. The van der Waals surface area contributed by atoms with Gasteiger partial charge in [-0.3, -0.25) is 19.7 Å². The van der Waals surface area contributed by atoms with E-state index in [2.05, 4.69) is 4.98 Å². The Labute approximate surface area is 236 Å². The van der Waals surface area contributed by atoms with Gasteiger partial charge in [0.25, 0.3) is 11.6 Å². The summed E-state index contributed by atoms with van der Waals surface area (Å²) >= 11 is 12.3. The van der Waals surface area contributed by atoms with Gasteiger partial charge in [-0.05, 0) is 54.3 Å². The van der Waals surface area contributed by atoms with E-state index in [4.69, 9.17) is 23.2 Å². The first-order chi connectivity index (χ1) is 18.8. The van der Waals surface area contributed by atoms with Crippen LogP contribution in [0.5, 0.6) is 0 Å². The average Bonchev–Trinajstić information content (AvgIpc) is 3.35. The van der Waals surface area contributed by atoms with Gasteiger partial charge in [0.1, 0.15) is 6.54 Å². The van der Waals surface area contributed by atoms with Gasteiger partial charge in [0, 0.05) is 54.4 Å². The molecule has 2 amide bonds. The standard InChI is InChI=1S/C29H28Cl2N4O4/c1-2-14-34(29(37)21-8-10-23(11-9-21)35(38)39)19-28(36)33(18-20-7-12-25(30)26(31)16-20)15-13-22-17-32-27-6-4-3-5-24(22)27/h3-12,16-17,32H,2,13-15,18-19H2,1H3. The Hall–Kier alpha value is -3.88. The van der Waals surface area contributed by atoms with Crippen molar-refractivity contribution < 1.29 is 14.5 Å². The fourth-order valence-corrected chi connectivity index (χ4v) is 4.76. The summed E-state index contributed by atoms with van der Waals surface area (Å²) in [5.41, 5.74) is 3.12. The summed E-state index contributed by atoms with van der Waals surface area (Å²) in [6, 6.07) is 18.7. The predicted octanol–water partition coefficient (Wildman–Crippen LogP) is 6.51. The number of fused-ring (bicyclic) bond motifs is 1. The number of carbonyl (C=O) groups is 2. The van der Waals surface area contributed by atoms with Crippen LogP contribution in [-0.4, -0.2) is 51.2 Å². The quantitative estimate of drug-likeness (QED) is 0.165. The molecule has 1 heterocycles. The molecule has 0 atom stereocenters. The first-order valence-corrected chi connectivity index (χ1v) is 13.3. The smallest absolute Gasteiger partial charge is 0.269 e. The molecular formula is C29H28Cl2N4O4. The Bertz CT molecular complexity index is 1490. The van der Waals surface area contributed by atoms with Crippen molar-refractivity contribution in [3.05, 3.63) is 110 Å². The number of carbonyl (C=O) groups excluding carboxylic acids is 2. The summed E-state index contributed by atoms with van der Waals surface area (Å²) in [6.07, 6.45) is 3.21. The number of aromatic nitrogens is 1. The lowest BCUT2D eigenvalue weighted by Crippen LogP contribution is -2.43. The highest BCUT2D eigenvalue weighted by Crippen LogP contribution is 2.24. The highest BCUT2D eigenvalue weighted by atomic mass is 35.5. The Kier molecular flexibility index (Phi) is 9.22. The zero-order valence-corrected chi connectivity index (χ0v) is 22.9. The van der Waals surface area contributed by atoms with Crippen LogP contribution in [0.4, 0.5) is 5.69 Å². The zero-order valence-electron chi connectivity index (χ0n) is 21.4. The average molecular weight is 567 g/mol. The molecule has 0 spiro atoms. The molecule has 0 saturated carbocycles. The zero-order chi connectivity index (χ0) is 27.9. The number of nitro groups is 1. The molecule has 39 heavy (non-hydrogen) atoms. The lowest BCUT2D eigenvalue weighted by atomic mass is 10.1. The number of hydrogen-bond acceptors (Lipinski definition) is 4. The lowest BCUT2D eigenvalue weighted by molar-refractivity contribution is -0.384. The summed E-state index contributed by atoms with van der Waals surface area (Å²) in [6.45, 7) is 2.88. The fourth-order valence-electron chi connectivity index (χ4n) is 4.44. The van der Waals surface area contributed by atoms with Gasteiger partial charge in [-0.25, -0.2) is 0 Å². The van der Waals surface area contributed by atoms with Crippen molar-refractivity contribution in [2.45, 2.75) is 26.3 Å². The monoisotopic (exact) mass is 566 g/mol. The maximum absolute atomic E-state index is 13.7. The molecule has 0 aliphatic rings.